The Hall–Kier alpha value is 0.945. The number of Topliss-reactive ketones (excluding diaryl/α,β-unsaturated/α-hetero) is 1. The van der Waals surface area contributed by atoms with Crippen LogP contribution in [0.5, 0.6) is 0 Å². The summed E-state index contributed by atoms with van der Waals surface area (Å²) in [7, 11) is 0. The Morgan fingerprint density at radius 3 is 2.00 bits per heavy atom. The van der Waals surface area contributed by atoms with Gasteiger partial charge in [-0.15, -0.1) is 0 Å². The van der Waals surface area contributed by atoms with Crippen LogP contribution < -0.4 is 58.2 Å². The fourth-order valence-electron chi connectivity index (χ4n) is 0.213. The molecule has 0 amide bonds. The van der Waals surface area contributed by atoms with Crippen LogP contribution in [0.25, 0.3) is 0 Å². The number of carboxylic acids is 1. The van der Waals surface area contributed by atoms with Crippen molar-refractivity contribution < 1.29 is 74.3 Å². The van der Waals surface area contributed by atoms with Crippen LogP contribution in [-0.4, -0.2) is 16.9 Å². The maximum absolute atomic E-state index is 9.87. The predicted molar refractivity (Wildman–Crippen MR) is 24.0 cm³/mol. The van der Waals surface area contributed by atoms with Gasteiger partial charge < -0.3 is 6.53 Å². The second kappa shape index (κ2) is 6.07. The van der Waals surface area contributed by atoms with Crippen LogP contribution in [-0.2, 0) is 9.59 Å². The van der Waals surface area contributed by atoms with Crippen molar-refractivity contribution in [1.29, 1.82) is 0 Å². The minimum atomic E-state index is -1.06. The fraction of sp³-hybridized carbons (Fsp3) is 0.500. The summed E-state index contributed by atoms with van der Waals surface area (Å²) in [5.74, 6) is -1.37. The molecule has 1 N–H and O–H groups in total. The monoisotopic (exact) mass is 188 g/mol. The topological polar surface area (TPSA) is 54.4 Å². The van der Waals surface area contributed by atoms with E-state index in [0.29, 0.717) is 0 Å². The zero-order valence-electron chi connectivity index (χ0n) is 5.97. The minimum absolute atomic E-state index is 0. The number of carboxylic acid groups (broad SMARTS) is 1. The number of aliphatic carboxylic acids is 1. The summed E-state index contributed by atoms with van der Waals surface area (Å²) in [6.07, 6.45) is -0.361. The molecule has 8 heavy (non-hydrogen) atoms. The first-order chi connectivity index (χ1) is 3.13. The van der Waals surface area contributed by atoms with E-state index < -0.39 is 5.97 Å². The predicted octanol–water partition coefficient (Wildman–Crippen LogP) is -2.83. The van der Waals surface area contributed by atoms with Crippen LogP contribution in [0.1, 0.15) is 14.8 Å². The van der Waals surface area contributed by atoms with Crippen LogP contribution in [0.15, 0.2) is 0 Å². The number of carbonyl (C=O) groups excluding carboxylic acids is 1. The number of carbonyl (C=O) groups is 2. The number of rotatable bonds is 2. The summed E-state index contributed by atoms with van der Waals surface area (Å²) < 4.78 is 0. The van der Waals surface area contributed by atoms with Crippen LogP contribution in [0.3, 0.4) is 0 Å². The molecule has 0 bridgehead atoms. The summed E-state index contributed by atoms with van der Waals surface area (Å²) >= 11 is 0. The maximum Gasteiger partial charge on any atom is 1.00 e. The standard InChI is InChI=1S/C4H6O3.Rb.H/c1-3(5)2-4(6)7;;/h2H2,1H3,(H,6,7);;/q;+1;-1. The molecule has 0 saturated carbocycles. The molecule has 0 aliphatic heterocycles. The molecular weight excluding hydrogens is 182 g/mol. The van der Waals surface area contributed by atoms with E-state index in [1.807, 2.05) is 0 Å². The molecule has 3 nitrogen and oxygen atoms in total. The Morgan fingerprint density at radius 1 is 1.62 bits per heavy atom. The zero-order chi connectivity index (χ0) is 5.86. The van der Waals surface area contributed by atoms with Gasteiger partial charge in [0.2, 0.25) is 0 Å². The molecule has 42 valence electrons. The molecule has 0 aliphatic carbocycles. The van der Waals surface area contributed by atoms with Crippen molar-refractivity contribution in [2.45, 2.75) is 13.3 Å². The third kappa shape index (κ3) is 10.0. The Labute approximate surface area is 97.7 Å². The van der Waals surface area contributed by atoms with E-state index in [2.05, 4.69) is 0 Å². The molecule has 0 aliphatic rings. The molecule has 0 aromatic heterocycles. The third-order valence-corrected chi connectivity index (χ3v) is 0.400. The average Bonchev–Trinajstić information content (AvgIpc) is 1.27. The summed E-state index contributed by atoms with van der Waals surface area (Å²) in [6.45, 7) is 1.24. The SMILES string of the molecule is CC(=O)CC(=O)O.[H-].[Rb+]. The first-order valence-electron chi connectivity index (χ1n) is 1.84. The molecular formula is C4H7O3Rb. The van der Waals surface area contributed by atoms with Crippen molar-refractivity contribution in [3.8, 4) is 0 Å². The van der Waals surface area contributed by atoms with Gasteiger partial charge in [-0.3, -0.25) is 9.59 Å². The Kier molecular flexibility index (Phi) is 8.88. The fourth-order valence-corrected chi connectivity index (χ4v) is 0.213. The van der Waals surface area contributed by atoms with E-state index in [0.717, 1.165) is 0 Å². The number of hydrogen-bond donors (Lipinski definition) is 1. The summed E-state index contributed by atoms with van der Waals surface area (Å²) in [4.78, 5) is 19.5. The largest absolute Gasteiger partial charge is 1.00 e. The molecule has 0 spiro atoms. The van der Waals surface area contributed by atoms with Crippen LogP contribution >= 0.6 is 0 Å². The number of ketones is 1. The quantitative estimate of drug-likeness (QED) is 0.476. The molecule has 0 heterocycles. The van der Waals surface area contributed by atoms with Crippen LogP contribution in [0.2, 0.25) is 0 Å². The molecule has 0 radical (unpaired) electrons. The summed E-state index contributed by atoms with van der Waals surface area (Å²) in [5, 5.41) is 7.86. The van der Waals surface area contributed by atoms with Gasteiger partial charge in [0, 0.05) is 0 Å². The van der Waals surface area contributed by atoms with Gasteiger partial charge in [-0.1, -0.05) is 0 Å². The van der Waals surface area contributed by atoms with Crippen molar-refractivity contribution in [3.05, 3.63) is 0 Å². The minimum Gasteiger partial charge on any atom is -1.00 e. The van der Waals surface area contributed by atoms with E-state index in [1.54, 1.807) is 0 Å². The normalized spacial score (nSPS) is 7.12. The van der Waals surface area contributed by atoms with Crippen molar-refractivity contribution in [1.82, 2.24) is 0 Å². The average molecular weight is 189 g/mol. The van der Waals surface area contributed by atoms with Crippen LogP contribution in [0.4, 0.5) is 0 Å². The zero-order valence-corrected chi connectivity index (χ0v) is 9.89. The number of hydrogen-bond acceptors (Lipinski definition) is 2. The Balaban J connectivity index is -0.000000180. The molecule has 0 rings (SSSR count). The molecule has 0 aromatic rings. The van der Waals surface area contributed by atoms with Gasteiger partial charge in [0.1, 0.15) is 12.2 Å². The maximum atomic E-state index is 9.87. The first-order valence-corrected chi connectivity index (χ1v) is 1.84. The van der Waals surface area contributed by atoms with Crippen molar-refractivity contribution >= 4 is 11.8 Å². The van der Waals surface area contributed by atoms with Gasteiger partial charge in [-0.25, -0.2) is 0 Å². The smallest absolute Gasteiger partial charge is 1.00 e. The van der Waals surface area contributed by atoms with Gasteiger partial charge in [-0.2, -0.15) is 0 Å². The second-order valence-electron chi connectivity index (χ2n) is 1.27. The van der Waals surface area contributed by atoms with Gasteiger partial charge in [0.15, 0.2) is 0 Å². The van der Waals surface area contributed by atoms with Crippen molar-refractivity contribution in [3.63, 3.8) is 0 Å². The molecule has 0 fully saturated rings. The van der Waals surface area contributed by atoms with Crippen molar-refractivity contribution in [2.24, 2.45) is 0 Å². The van der Waals surface area contributed by atoms with Gasteiger partial charge in [-0.05, 0) is 6.92 Å². The second-order valence-corrected chi connectivity index (χ2v) is 1.27. The van der Waals surface area contributed by atoms with Gasteiger partial charge >= 0.3 is 64.2 Å². The van der Waals surface area contributed by atoms with E-state index in [-0.39, 0.29) is 71.8 Å². The van der Waals surface area contributed by atoms with E-state index in [9.17, 15) is 9.59 Å². The summed E-state index contributed by atoms with van der Waals surface area (Å²) in [6, 6.07) is 0. The van der Waals surface area contributed by atoms with Gasteiger partial charge in [0.25, 0.3) is 0 Å². The molecule has 0 saturated heterocycles. The summed E-state index contributed by atoms with van der Waals surface area (Å²) in [5.41, 5.74) is 0. The molecule has 0 unspecified atom stereocenters. The Morgan fingerprint density at radius 2 is 2.00 bits per heavy atom. The van der Waals surface area contributed by atoms with Gasteiger partial charge in [0.05, 0.1) is 0 Å². The Bertz CT molecular complexity index is 92.0. The third-order valence-electron chi connectivity index (χ3n) is 0.400. The van der Waals surface area contributed by atoms with E-state index in [4.69, 9.17) is 5.11 Å². The first kappa shape index (κ1) is 11.7. The van der Waals surface area contributed by atoms with Crippen molar-refractivity contribution in [2.75, 3.05) is 0 Å². The molecule has 0 atom stereocenters. The van der Waals surface area contributed by atoms with Crippen LogP contribution in [0, 0.1) is 0 Å². The van der Waals surface area contributed by atoms with E-state index in [1.165, 1.54) is 6.92 Å². The van der Waals surface area contributed by atoms with E-state index >= 15 is 0 Å². The molecule has 0 aromatic carbocycles. The molecule has 4 heteroatoms.